The summed E-state index contributed by atoms with van der Waals surface area (Å²) in [7, 11) is 0. The number of aryl methyl sites for hydroxylation is 2. The van der Waals surface area contributed by atoms with Gasteiger partial charge in [-0.3, -0.25) is 4.79 Å². The summed E-state index contributed by atoms with van der Waals surface area (Å²) in [6, 6.07) is 10.4. The zero-order valence-electron chi connectivity index (χ0n) is 17.2. The number of fused-ring (bicyclic) bond motifs is 1. The summed E-state index contributed by atoms with van der Waals surface area (Å²) < 4.78 is 2.23. The molecule has 0 radical (unpaired) electrons. The molecule has 1 aliphatic carbocycles. The maximum atomic E-state index is 12.7. The Morgan fingerprint density at radius 3 is 2.73 bits per heavy atom. The molecule has 0 spiro atoms. The molecule has 5 rings (SSSR count). The zero-order chi connectivity index (χ0) is 20.8. The Hall–Kier alpha value is -2.45. The Morgan fingerprint density at radius 2 is 2.00 bits per heavy atom. The van der Waals surface area contributed by atoms with Crippen LogP contribution >= 0.6 is 23.1 Å². The second-order valence-electron chi connectivity index (χ2n) is 7.86. The van der Waals surface area contributed by atoms with Crippen LogP contribution < -0.4 is 5.56 Å². The molecule has 8 heteroatoms. The fourth-order valence-electron chi connectivity index (χ4n) is 3.62. The van der Waals surface area contributed by atoms with E-state index in [4.69, 9.17) is 4.98 Å². The molecule has 1 fully saturated rings. The van der Waals surface area contributed by atoms with Crippen LogP contribution in [0, 0.1) is 13.8 Å². The van der Waals surface area contributed by atoms with Crippen LogP contribution in [0.5, 0.6) is 0 Å². The van der Waals surface area contributed by atoms with Crippen LogP contribution in [-0.4, -0.2) is 24.7 Å². The Labute approximate surface area is 182 Å². The van der Waals surface area contributed by atoms with Gasteiger partial charge in [-0.1, -0.05) is 42.1 Å². The van der Waals surface area contributed by atoms with Crippen LogP contribution in [0.15, 0.2) is 40.3 Å². The Morgan fingerprint density at radius 1 is 1.23 bits per heavy atom. The van der Waals surface area contributed by atoms with E-state index in [0.29, 0.717) is 17.1 Å². The number of rotatable bonds is 6. The van der Waals surface area contributed by atoms with Crippen LogP contribution in [-0.2, 0) is 6.54 Å². The van der Waals surface area contributed by atoms with Crippen LogP contribution in [0.25, 0.3) is 10.2 Å². The number of aromatic nitrogens is 5. The third-order valence-corrected chi connectivity index (χ3v) is 7.79. The Balaban J connectivity index is 1.47. The second-order valence-corrected chi connectivity index (χ2v) is 10.4. The van der Waals surface area contributed by atoms with Crippen molar-refractivity contribution in [2.45, 2.75) is 56.5 Å². The molecule has 1 aliphatic rings. The zero-order valence-corrected chi connectivity index (χ0v) is 18.8. The van der Waals surface area contributed by atoms with Crippen LogP contribution in [0.1, 0.15) is 58.6 Å². The number of hydrogen-bond donors (Lipinski definition) is 1. The van der Waals surface area contributed by atoms with Crippen LogP contribution in [0.4, 0.5) is 0 Å². The molecule has 3 aromatic heterocycles. The summed E-state index contributed by atoms with van der Waals surface area (Å²) in [5, 5.41) is 10.5. The average Bonchev–Trinajstić information content (AvgIpc) is 3.44. The van der Waals surface area contributed by atoms with Crippen LogP contribution in [0.2, 0.25) is 0 Å². The van der Waals surface area contributed by atoms with Gasteiger partial charge in [0, 0.05) is 10.8 Å². The molecule has 0 unspecified atom stereocenters. The number of aromatic amines is 1. The van der Waals surface area contributed by atoms with Gasteiger partial charge in [0.1, 0.15) is 16.5 Å². The van der Waals surface area contributed by atoms with Crippen molar-refractivity contribution >= 4 is 33.3 Å². The van der Waals surface area contributed by atoms with Crippen molar-refractivity contribution < 1.29 is 0 Å². The highest BCUT2D eigenvalue weighted by Crippen LogP contribution is 2.42. The number of nitrogens with zero attached hydrogens (tertiary/aromatic N) is 4. The minimum Gasteiger partial charge on any atom is -0.309 e. The fourth-order valence-corrected chi connectivity index (χ4v) is 5.57. The molecule has 6 nitrogen and oxygen atoms in total. The highest BCUT2D eigenvalue weighted by molar-refractivity contribution is 7.99. The second kappa shape index (κ2) is 7.67. The SMILES string of the molecule is Cc1sc2nc([C@H](C)Sc3nnc(C4CC4)n3Cc3ccccc3)[nH]c(=O)c2c1C. The minimum absolute atomic E-state index is 0.0458. The molecule has 1 aromatic carbocycles. The predicted octanol–water partition coefficient (Wildman–Crippen LogP) is 4.97. The lowest BCUT2D eigenvalue weighted by Gasteiger charge is -2.13. The highest BCUT2D eigenvalue weighted by atomic mass is 32.2. The third-order valence-electron chi connectivity index (χ3n) is 5.60. The molecule has 154 valence electrons. The third kappa shape index (κ3) is 3.58. The standard InChI is InChI=1S/C22H23N5OS2/c1-12-13(2)29-21-17(12)20(28)23-18(24-21)14(3)30-22-26-25-19(16-9-10-16)27(22)11-15-7-5-4-6-8-15/h4-8,14,16H,9-11H2,1-3H3,(H,23,24,28)/t14-/m0/s1. The Bertz CT molecular complexity index is 1270. The summed E-state index contributed by atoms with van der Waals surface area (Å²) >= 11 is 3.18. The van der Waals surface area contributed by atoms with Gasteiger partial charge >= 0.3 is 0 Å². The topological polar surface area (TPSA) is 76.5 Å². The van der Waals surface area contributed by atoms with Crippen molar-refractivity contribution in [3.05, 3.63) is 68.3 Å². The molecule has 1 atom stereocenters. The van der Waals surface area contributed by atoms with Crippen molar-refractivity contribution in [3.8, 4) is 0 Å². The van der Waals surface area contributed by atoms with E-state index in [1.807, 2.05) is 19.9 Å². The summed E-state index contributed by atoms with van der Waals surface area (Å²) in [5.41, 5.74) is 2.19. The van der Waals surface area contributed by atoms with E-state index in [0.717, 1.165) is 32.8 Å². The highest BCUT2D eigenvalue weighted by Gasteiger charge is 2.31. The van der Waals surface area contributed by atoms with Gasteiger partial charge in [-0.2, -0.15) is 0 Å². The van der Waals surface area contributed by atoms with Gasteiger partial charge in [0.05, 0.1) is 17.2 Å². The molecular weight excluding hydrogens is 414 g/mol. The molecule has 30 heavy (non-hydrogen) atoms. The van der Waals surface area contributed by atoms with Gasteiger partial charge < -0.3 is 9.55 Å². The lowest BCUT2D eigenvalue weighted by Crippen LogP contribution is -2.13. The molecule has 3 heterocycles. The first-order valence-corrected chi connectivity index (χ1v) is 11.8. The normalized spacial score (nSPS) is 15.0. The van der Waals surface area contributed by atoms with E-state index in [9.17, 15) is 4.79 Å². The molecule has 0 bridgehead atoms. The summed E-state index contributed by atoms with van der Waals surface area (Å²) in [6.07, 6.45) is 2.35. The van der Waals surface area contributed by atoms with E-state index in [2.05, 4.69) is 50.9 Å². The molecule has 0 amide bonds. The number of benzene rings is 1. The molecule has 1 saturated carbocycles. The number of nitrogens with one attached hydrogen (secondary N) is 1. The first kappa shape index (κ1) is 19.5. The number of hydrogen-bond acceptors (Lipinski definition) is 6. The number of H-pyrrole nitrogens is 1. The van der Waals surface area contributed by atoms with Gasteiger partial charge in [-0.25, -0.2) is 4.98 Å². The number of thioether (sulfide) groups is 1. The lowest BCUT2D eigenvalue weighted by molar-refractivity contribution is 0.666. The largest absolute Gasteiger partial charge is 0.309 e. The predicted molar refractivity (Wildman–Crippen MR) is 122 cm³/mol. The van der Waals surface area contributed by atoms with E-state index in [1.165, 1.54) is 18.4 Å². The quantitative estimate of drug-likeness (QED) is 0.431. The Kier molecular flexibility index (Phi) is 4.99. The molecule has 0 saturated heterocycles. The van der Waals surface area contributed by atoms with Crippen molar-refractivity contribution in [2.75, 3.05) is 0 Å². The van der Waals surface area contributed by atoms with Gasteiger partial charge in [-0.15, -0.1) is 21.5 Å². The van der Waals surface area contributed by atoms with Gasteiger partial charge in [0.15, 0.2) is 5.16 Å². The van der Waals surface area contributed by atoms with E-state index < -0.39 is 0 Å². The lowest BCUT2D eigenvalue weighted by atomic mass is 10.2. The monoisotopic (exact) mass is 437 g/mol. The van der Waals surface area contributed by atoms with Crippen molar-refractivity contribution in [1.29, 1.82) is 0 Å². The fraction of sp³-hybridized carbons (Fsp3) is 0.364. The van der Waals surface area contributed by atoms with Crippen LogP contribution in [0.3, 0.4) is 0 Å². The maximum absolute atomic E-state index is 12.7. The molecule has 4 aromatic rings. The molecule has 0 aliphatic heterocycles. The van der Waals surface area contributed by atoms with E-state index >= 15 is 0 Å². The first-order valence-electron chi connectivity index (χ1n) is 10.1. The maximum Gasteiger partial charge on any atom is 0.259 e. The average molecular weight is 438 g/mol. The van der Waals surface area contributed by atoms with Gasteiger partial charge in [0.25, 0.3) is 5.56 Å². The molecule has 1 N–H and O–H groups in total. The number of thiophene rings is 1. The van der Waals surface area contributed by atoms with E-state index in [1.54, 1.807) is 23.1 Å². The van der Waals surface area contributed by atoms with Crippen molar-refractivity contribution in [3.63, 3.8) is 0 Å². The minimum atomic E-state index is -0.0614. The van der Waals surface area contributed by atoms with Gasteiger partial charge in [-0.05, 0) is 44.7 Å². The van der Waals surface area contributed by atoms with Crippen molar-refractivity contribution in [1.82, 2.24) is 24.7 Å². The van der Waals surface area contributed by atoms with Crippen molar-refractivity contribution in [2.24, 2.45) is 0 Å². The summed E-state index contributed by atoms with van der Waals surface area (Å²) in [5.74, 6) is 2.26. The smallest absolute Gasteiger partial charge is 0.259 e. The van der Waals surface area contributed by atoms with Gasteiger partial charge in [0.2, 0.25) is 0 Å². The molecular formula is C22H23N5OS2. The van der Waals surface area contributed by atoms with E-state index in [-0.39, 0.29) is 10.8 Å². The summed E-state index contributed by atoms with van der Waals surface area (Å²) in [6.45, 7) is 6.82. The summed E-state index contributed by atoms with van der Waals surface area (Å²) in [4.78, 5) is 22.4. The first-order chi connectivity index (χ1) is 14.5.